The fourth-order valence-electron chi connectivity index (χ4n) is 1.83. The highest BCUT2D eigenvalue weighted by molar-refractivity contribution is 6.31. The van der Waals surface area contributed by atoms with Gasteiger partial charge in [0.25, 0.3) is 0 Å². The van der Waals surface area contributed by atoms with Gasteiger partial charge in [0.2, 0.25) is 0 Å². The number of hydrogen-bond acceptors (Lipinski definition) is 2. The number of carbonyl (C=O) groups is 1. The third-order valence-corrected chi connectivity index (χ3v) is 3.01. The van der Waals surface area contributed by atoms with Gasteiger partial charge in [0, 0.05) is 17.0 Å². The monoisotopic (exact) mass is 278 g/mol. The molecule has 0 aliphatic heterocycles. The van der Waals surface area contributed by atoms with Crippen LogP contribution in [-0.2, 0) is 6.42 Å². The normalized spacial score (nSPS) is 10.3. The van der Waals surface area contributed by atoms with Crippen molar-refractivity contribution in [3.8, 4) is 5.75 Å². The molecule has 0 radical (unpaired) electrons. The van der Waals surface area contributed by atoms with Gasteiger partial charge in [-0.1, -0.05) is 29.8 Å². The highest BCUT2D eigenvalue weighted by Gasteiger charge is 2.14. The molecule has 0 unspecified atom stereocenters. The van der Waals surface area contributed by atoms with Crippen molar-refractivity contribution in [1.82, 2.24) is 0 Å². The van der Waals surface area contributed by atoms with Crippen molar-refractivity contribution in [1.29, 1.82) is 0 Å². The Hall–Kier alpha value is -1.87. The van der Waals surface area contributed by atoms with E-state index in [0.717, 1.165) is 5.56 Å². The zero-order chi connectivity index (χ0) is 13.8. The van der Waals surface area contributed by atoms with Crippen LogP contribution in [0.2, 0.25) is 5.02 Å². The van der Waals surface area contributed by atoms with Gasteiger partial charge in [-0.3, -0.25) is 4.79 Å². The summed E-state index contributed by atoms with van der Waals surface area (Å²) in [5, 5.41) is 0.338. The summed E-state index contributed by atoms with van der Waals surface area (Å²) >= 11 is 5.78. The minimum absolute atomic E-state index is 0.00148. The molecule has 0 aliphatic carbocycles. The molecule has 0 aromatic heterocycles. The van der Waals surface area contributed by atoms with Gasteiger partial charge in [-0.05, 0) is 24.3 Å². The number of ether oxygens (including phenoxy) is 1. The molecule has 0 spiro atoms. The highest BCUT2D eigenvalue weighted by atomic mass is 35.5. The Morgan fingerprint density at radius 2 is 2.00 bits per heavy atom. The largest absolute Gasteiger partial charge is 0.496 e. The van der Waals surface area contributed by atoms with E-state index in [2.05, 4.69) is 0 Å². The van der Waals surface area contributed by atoms with E-state index in [0.29, 0.717) is 10.8 Å². The minimum Gasteiger partial charge on any atom is -0.496 e. The molecule has 2 rings (SSSR count). The molecule has 0 bridgehead atoms. The van der Waals surface area contributed by atoms with Crippen LogP contribution in [0.4, 0.5) is 4.39 Å². The van der Waals surface area contributed by atoms with Crippen LogP contribution in [0.25, 0.3) is 0 Å². The molecule has 2 aromatic rings. The molecule has 0 N–H and O–H groups in total. The van der Waals surface area contributed by atoms with E-state index in [9.17, 15) is 9.18 Å². The number of ketones is 1. The Morgan fingerprint density at radius 1 is 1.26 bits per heavy atom. The molecule has 2 aromatic carbocycles. The molecule has 0 atom stereocenters. The second-order valence-electron chi connectivity index (χ2n) is 4.04. The second-order valence-corrected chi connectivity index (χ2v) is 4.47. The molecule has 0 aliphatic rings. The maximum absolute atomic E-state index is 13.6. The first kappa shape index (κ1) is 13.6. The van der Waals surface area contributed by atoms with Crippen LogP contribution >= 0.6 is 11.6 Å². The lowest BCUT2D eigenvalue weighted by Crippen LogP contribution is -2.07. The van der Waals surface area contributed by atoms with Crippen molar-refractivity contribution in [2.45, 2.75) is 6.42 Å². The third-order valence-electron chi connectivity index (χ3n) is 2.77. The smallest absolute Gasteiger partial charge is 0.170 e. The number of benzene rings is 2. The molecule has 19 heavy (non-hydrogen) atoms. The van der Waals surface area contributed by atoms with Gasteiger partial charge >= 0.3 is 0 Å². The average Bonchev–Trinajstić information content (AvgIpc) is 2.42. The maximum atomic E-state index is 13.6. The Labute approximate surface area is 115 Å². The summed E-state index contributed by atoms with van der Waals surface area (Å²) in [6.07, 6.45) is 0.0707. The topological polar surface area (TPSA) is 26.3 Å². The fraction of sp³-hybridized carbons (Fsp3) is 0.133. The van der Waals surface area contributed by atoms with Crippen LogP contribution in [0.5, 0.6) is 5.75 Å². The Balaban J connectivity index is 2.28. The van der Waals surface area contributed by atoms with E-state index in [-0.39, 0.29) is 17.8 Å². The summed E-state index contributed by atoms with van der Waals surface area (Å²) in [6.45, 7) is 0. The first-order valence-electron chi connectivity index (χ1n) is 5.72. The minimum atomic E-state index is -0.565. The van der Waals surface area contributed by atoms with Crippen LogP contribution in [0.1, 0.15) is 15.9 Å². The van der Waals surface area contributed by atoms with Crippen LogP contribution in [0.15, 0.2) is 42.5 Å². The number of methoxy groups -OCH3 is 1. The molecule has 0 amide bonds. The number of rotatable bonds is 4. The Morgan fingerprint density at radius 3 is 2.74 bits per heavy atom. The summed E-state index contributed by atoms with van der Waals surface area (Å²) in [6, 6.07) is 11.1. The molecular formula is C15H12ClFO2. The summed E-state index contributed by atoms with van der Waals surface area (Å²) in [5.41, 5.74) is 0.716. The number of para-hydroxylation sites is 1. The molecule has 98 valence electrons. The summed E-state index contributed by atoms with van der Waals surface area (Å²) < 4.78 is 18.8. The number of carbonyl (C=O) groups excluding carboxylic acids is 1. The lowest BCUT2D eigenvalue weighted by Gasteiger charge is -2.08. The average molecular weight is 279 g/mol. The summed E-state index contributed by atoms with van der Waals surface area (Å²) in [7, 11) is 1.53. The van der Waals surface area contributed by atoms with Gasteiger partial charge in [0.1, 0.15) is 11.6 Å². The van der Waals surface area contributed by atoms with Crippen molar-refractivity contribution >= 4 is 17.4 Å². The first-order chi connectivity index (χ1) is 9.11. The predicted octanol–water partition coefficient (Wildman–Crippen LogP) is 3.91. The Bertz CT molecular complexity index is 611. The third kappa shape index (κ3) is 3.12. The Kier molecular flexibility index (Phi) is 4.17. The fourth-order valence-corrected chi connectivity index (χ4v) is 2.00. The van der Waals surface area contributed by atoms with E-state index < -0.39 is 5.82 Å². The van der Waals surface area contributed by atoms with Gasteiger partial charge < -0.3 is 4.74 Å². The van der Waals surface area contributed by atoms with Crippen molar-refractivity contribution in [2.75, 3.05) is 7.11 Å². The molecule has 0 saturated carbocycles. The summed E-state index contributed by atoms with van der Waals surface area (Å²) in [5.74, 6) is -0.285. The van der Waals surface area contributed by atoms with Gasteiger partial charge in [-0.2, -0.15) is 0 Å². The van der Waals surface area contributed by atoms with E-state index in [1.165, 1.54) is 25.3 Å². The molecule has 0 saturated heterocycles. The predicted molar refractivity (Wildman–Crippen MR) is 72.4 cm³/mol. The van der Waals surface area contributed by atoms with Crippen molar-refractivity contribution < 1.29 is 13.9 Å². The molecule has 0 heterocycles. The van der Waals surface area contributed by atoms with Crippen molar-refractivity contribution in [3.05, 3.63) is 64.4 Å². The standard InChI is InChI=1S/C15H12ClFO2/c1-19-15-5-3-2-4-10(15)8-14(18)12-9-11(16)6-7-13(12)17/h2-7,9H,8H2,1H3. The molecule has 2 nitrogen and oxygen atoms in total. The molecule has 0 fully saturated rings. The SMILES string of the molecule is COc1ccccc1CC(=O)c1cc(Cl)ccc1F. The van der Waals surface area contributed by atoms with E-state index in [1.54, 1.807) is 18.2 Å². The van der Waals surface area contributed by atoms with E-state index in [4.69, 9.17) is 16.3 Å². The first-order valence-corrected chi connectivity index (χ1v) is 6.09. The second kappa shape index (κ2) is 5.85. The number of halogens is 2. The maximum Gasteiger partial charge on any atom is 0.170 e. The molecule has 4 heteroatoms. The van der Waals surface area contributed by atoms with Crippen LogP contribution in [0, 0.1) is 5.82 Å². The lowest BCUT2D eigenvalue weighted by molar-refractivity contribution is 0.0988. The lowest BCUT2D eigenvalue weighted by atomic mass is 10.0. The van der Waals surface area contributed by atoms with E-state index in [1.807, 2.05) is 6.07 Å². The summed E-state index contributed by atoms with van der Waals surface area (Å²) in [4.78, 5) is 12.1. The van der Waals surface area contributed by atoms with E-state index >= 15 is 0 Å². The highest BCUT2D eigenvalue weighted by Crippen LogP contribution is 2.21. The number of Topliss-reactive ketones (excluding diaryl/α,β-unsaturated/α-hetero) is 1. The van der Waals surface area contributed by atoms with Crippen LogP contribution < -0.4 is 4.74 Å². The van der Waals surface area contributed by atoms with Crippen molar-refractivity contribution in [2.24, 2.45) is 0 Å². The number of hydrogen-bond donors (Lipinski definition) is 0. The zero-order valence-corrected chi connectivity index (χ0v) is 11.1. The van der Waals surface area contributed by atoms with Gasteiger partial charge in [0.05, 0.1) is 12.7 Å². The van der Waals surface area contributed by atoms with Crippen LogP contribution in [0.3, 0.4) is 0 Å². The zero-order valence-electron chi connectivity index (χ0n) is 10.3. The van der Waals surface area contributed by atoms with Crippen LogP contribution in [-0.4, -0.2) is 12.9 Å². The van der Waals surface area contributed by atoms with Gasteiger partial charge in [0.15, 0.2) is 5.78 Å². The van der Waals surface area contributed by atoms with Crippen molar-refractivity contribution in [3.63, 3.8) is 0 Å². The van der Waals surface area contributed by atoms with Gasteiger partial charge in [-0.25, -0.2) is 4.39 Å². The quantitative estimate of drug-likeness (QED) is 0.793. The molecular weight excluding hydrogens is 267 g/mol. The van der Waals surface area contributed by atoms with Gasteiger partial charge in [-0.15, -0.1) is 0 Å².